The normalized spacial score (nSPS) is 13.2. The van der Waals surface area contributed by atoms with Crippen molar-refractivity contribution in [2.24, 2.45) is 0 Å². The van der Waals surface area contributed by atoms with Gasteiger partial charge in [0.1, 0.15) is 5.01 Å². The highest BCUT2D eigenvalue weighted by Crippen LogP contribution is 2.22. The predicted molar refractivity (Wildman–Crippen MR) is 105 cm³/mol. The molecule has 0 atom stereocenters. The molecule has 27 heavy (non-hydrogen) atoms. The third kappa shape index (κ3) is 4.57. The molecule has 6 nitrogen and oxygen atoms in total. The molecule has 0 aliphatic heterocycles. The molecule has 2 amide bonds. The lowest BCUT2D eigenvalue weighted by Gasteiger charge is -2.07. The molecule has 1 aromatic carbocycles. The minimum atomic E-state index is -0.173. The van der Waals surface area contributed by atoms with Gasteiger partial charge in [-0.1, -0.05) is 12.1 Å². The monoisotopic (exact) mass is 378 g/mol. The van der Waals surface area contributed by atoms with Crippen molar-refractivity contribution in [2.75, 3.05) is 5.32 Å². The summed E-state index contributed by atoms with van der Waals surface area (Å²) in [6, 6.07) is 12.9. The maximum atomic E-state index is 12.3. The number of anilines is 1. The van der Waals surface area contributed by atoms with Crippen molar-refractivity contribution in [3.63, 3.8) is 0 Å². The molecule has 136 valence electrons. The molecule has 1 aliphatic carbocycles. The van der Waals surface area contributed by atoms with Crippen molar-refractivity contribution in [1.29, 1.82) is 0 Å². The first-order chi connectivity index (χ1) is 13.2. The van der Waals surface area contributed by atoms with Crippen molar-refractivity contribution in [1.82, 2.24) is 15.3 Å². The zero-order chi connectivity index (χ0) is 18.6. The number of amides is 2. The molecule has 0 bridgehead atoms. The Kier molecular flexibility index (Phi) is 4.93. The van der Waals surface area contributed by atoms with Crippen molar-refractivity contribution in [3.05, 3.63) is 65.3 Å². The summed E-state index contributed by atoms with van der Waals surface area (Å²) < 4.78 is 0. The first-order valence-corrected chi connectivity index (χ1v) is 9.62. The Labute approximate surface area is 160 Å². The molecule has 1 aliphatic rings. The fourth-order valence-electron chi connectivity index (χ4n) is 2.60. The molecule has 2 aromatic heterocycles. The van der Waals surface area contributed by atoms with E-state index in [1.807, 2.05) is 23.6 Å². The van der Waals surface area contributed by atoms with Crippen molar-refractivity contribution < 1.29 is 9.59 Å². The summed E-state index contributed by atoms with van der Waals surface area (Å²) >= 11 is 1.46. The lowest BCUT2D eigenvalue weighted by molar-refractivity contribution is -0.115. The maximum Gasteiger partial charge on any atom is 0.251 e. The van der Waals surface area contributed by atoms with E-state index in [2.05, 4.69) is 20.6 Å². The van der Waals surface area contributed by atoms with Gasteiger partial charge >= 0.3 is 0 Å². The number of nitrogens with zero attached hydrogens (tertiary/aromatic N) is 2. The average Bonchev–Trinajstić information content (AvgIpc) is 3.37. The van der Waals surface area contributed by atoms with E-state index in [0.717, 1.165) is 23.5 Å². The number of aromatic nitrogens is 2. The Morgan fingerprint density at radius 1 is 1.15 bits per heavy atom. The Morgan fingerprint density at radius 3 is 2.81 bits per heavy atom. The van der Waals surface area contributed by atoms with Gasteiger partial charge in [0, 0.05) is 28.9 Å². The second-order valence-electron chi connectivity index (χ2n) is 6.41. The minimum absolute atomic E-state index is 0.104. The molecule has 2 heterocycles. The van der Waals surface area contributed by atoms with Crippen LogP contribution in [-0.4, -0.2) is 27.8 Å². The topological polar surface area (TPSA) is 84.0 Å². The van der Waals surface area contributed by atoms with Crippen molar-refractivity contribution in [2.45, 2.75) is 25.3 Å². The van der Waals surface area contributed by atoms with E-state index in [0.29, 0.717) is 23.0 Å². The van der Waals surface area contributed by atoms with Crippen LogP contribution in [-0.2, 0) is 11.2 Å². The Hall–Kier alpha value is -3.06. The molecule has 4 rings (SSSR count). The van der Waals surface area contributed by atoms with E-state index in [-0.39, 0.29) is 18.2 Å². The maximum absolute atomic E-state index is 12.3. The molecular formula is C20H18N4O2S. The second-order valence-corrected chi connectivity index (χ2v) is 7.27. The lowest BCUT2D eigenvalue weighted by Crippen LogP contribution is -2.25. The van der Waals surface area contributed by atoms with E-state index in [4.69, 9.17) is 0 Å². The molecule has 0 saturated heterocycles. The van der Waals surface area contributed by atoms with E-state index < -0.39 is 0 Å². The van der Waals surface area contributed by atoms with Gasteiger partial charge in [-0.2, -0.15) is 0 Å². The highest BCUT2D eigenvalue weighted by atomic mass is 32.1. The predicted octanol–water partition coefficient (Wildman–Crippen LogP) is 3.28. The molecule has 1 fully saturated rings. The highest BCUT2D eigenvalue weighted by molar-refractivity contribution is 7.13. The van der Waals surface area contributed by atoms with Crippen molar-refractivity contribution >= 4 is 28.8 Å². The number of pyridine rings is 1. The van der Waals surface area contributed by atoms with Crippen LogP contribution in [0.3, 0.4) is 0 Å². The van der Waals surface area contributed by atoms with E-state index in [9.17, 15) is 9.59 Å². The summed E-state index contributed by atoms with van der Waals surface area (Å²) in [6.45, 7) is 0. The fraction of sp³-hybridized carbons (Fsp3) is 0.200. The number of rotatable bonds is 6. The number of hydrogen-bond donors (Lipinski definition) is 2. The summed E-state index contributed by atoms with van der Waals surface area (Å²) in [6.07, 6.45) is 3.96. The largest absolute Gasteiger partial charge is 0.349 e. The molecule has 0 radical (unpaired) electrons. The lowest BCUT2D eigenvalue weighted by atomic mass is 10.2. The van der Waals surface area contributed by atoms with Crippen LogP contribution in [0.1, 0.15) is 28.9 Å². The Balaban J connectivity index is 1.38. The summed E-state index contributed by atoms with van der Waals surface area (Å²) in [5.41, 5.74) is 2.64. The molecule has 0 spiro atoms. The third-order valence-electron chi connectivity index (χ3n) is 4.10. The SMILES string of the molecule is O=C(Cc1csc(-c2ccccn2)n1)Nc1cccc(C(=O)NC2CC2)c1. The van der Waals surface area contributed by atoms with Gasteiger partial charge in [-0.25, -0.2) is 4.98 Å². The van der Waals surface area contributed by atoms with Gasteiger partial charge in [0.25, 0.3) is 5.91 Å². The third-order valence-corrected chi connectivity index (χ3v) is 5.01. The van der Waals surface area contributed by atoms with Gasteiger partial charge in [-0.05, 0) is 43.2 Å². The Bertz CT molecular complexity index is 967. The first kappa shape index (κ1) is 17.4. The van der Waals surface area contributed by atoms with Crippen LogP contribution < -0.4 is 10.6 Å². The quantitative estimate of drug-likeness (QED) is 0.689. The number of carbonyl (C=O) groups is 2. The molecule has 0 unspecified atom stereocenters. The van der Waals surface area contributed by atoms with Crippen molar-refractivity contribution in [3.8, 4) is 10.7 Å². The molecular weight excluding hydrogens is 360 g/mol. The number of hydrogen-bond acceptors (Lipinski definition) is 5. The highest BCUT2D eigenvalue weighted by Gasteiger charge is 2.23. The standard InChI is InChI=1S/C20H18N4O2S/c25-18(11-16-12-27-20(24-16)17-6-1-2-9-21-17)22-15-5-3-4-13(10-15)19(26)23-14-7-8-14/h1-6,9-10,12,14H,7-8,11H2,(H,22,25)(H,23,26). The molecule has 1 saturated carbocycles. The smallest absolute Gasteiger partial charge is 0.251 e. The van der Waals surface area contributed by atoms with Crippen LogP contribution in [0.4, 0.5) is 5.69 Å². The number of thiazole rings is 1. The van der Waals surface area contributed by atoms with Gasteiger partial charge in [-0.15, -0.1) is 11.3 Å². The minimum Gasteiger partial charge on any atom is -0.349 e. The fourth-order valence-corrected chi connectivity index (χ4v) is 3.39. The van der Waals surface area contributed by atoms with Crippen LogP contribution in [0.2, 0.25) is 0 Å². The van der Waals surface area contributed by atoms with Gasteiger partial charge < -0.3 is 10.6 Å². The Morgan fingerprint density at radius 2 is 2.04 bits per heavy atom. The number of carbonyl (C=O) groups excluding carboxylic acids is 2. The van der Waals surface area contributed by atoms with E-state index in [1.54, 1.807) is 30.5 Å². The van der Waals surface area contributed by atoms with Gasteiger partial charge in [-0.3, -0.25) is 14.6 Å². The first-order valence-electron chi connectivity index (χ1n) is 8.74. The van der Waals surface area contributed by atoms with Gasteiger partial charge in [0.2, 0.25) is 5.91 Å². The summed E-state index contributed by atoms with van der Waals surface area (Å²) in [7, 11) is 0. The van der Waals surface area contributed by atoms with Crippen LogP contribution in [0, 0.1) is 0 Å². The molecule has 7 heteroatoms. The number of nitrogens with one attached hydrogen (secondary N) is 2. The van der Waals surface area contributed by atoms with Crippen LogP contribution in [0.25, 0.3) is 10.7 Å². The summed E-state index contributed by atoms with van der Waals surface area (Å²) in [5, 5.41) is 8.43. The number of benzene rings is 1. The average molecular weight is 378 g/mol. The van der Waals surface area contributed by atoms with Gasteiger partial charge in [0.15, 0.2) is 0 Å². The summed E-state index contributed by atoms with van der Waals surface area (Å²) in [4.78, 5) is 33.2. The van der Waals surface area contributed by atoms with Gasteiger partial charge in [0.05, 0.1) is 17.8 Å². The zero-order valence-corrected chi connectivity index (χ0v) is 15.3. The van der Waals surface area contributed by atoms with E-state index >= 15 is 0 Å². The van der Waals surface area contributed by atoms with Crippen LogP contribution in [0.15, 0.2) is 54.0 Å². The summed E-state index contributed by atoms with van der Waals surface area (Å²) in [5.74, 6) is -0.277. The van der Waals surface area contributed by atoms with E-state index in [1.165, 1.54) is 11.3 Å². The van der Waals surface area contributed by atoms with Crippen LogP contribution in [0.5, 0.6) is 0 Å². The van der Waals surface area contributed by atoms with Crippen LogP contribution >= 0.6 is 11.3 Å². The molecule has 3 aromatic rings. The molecule has 2 N–H and O–H groups in total. The zero-order valence-electron chi connectivity index (χ0n) is 14.5. The second kappa shape index (κ2) is 7.67.